The highest BCUT2D eigenvalue weighted by Gasteiger charge is 2.23. The third-order valence-corrected chi connectivity index (χ3v) is 3.92. The SMILES string of the molecule is CCCOc1ccccc1C(=O)N1CCN(CCCN)CC1. The number of rotatable bonds is 7. The molecule has 0 saturated carbocycles. The minimum Gasteiger partial charge on any atom is -0.493 e. The van der Waals surface area contributed by atoms with Crippen molar-refractivity contribution in [2.75, 3.05) is 45.9 Å². The minimum absolute atomic E-state index is 0.0742. The average Bonchev–Trinajstić information content (AvgIpc) is 2.58. The zero-order valence-electron chi connectivity index (χ0n) is 13.5. The van der Waals surface area contributed by atoms with Gasteiger partial charge in [0, 0.05) is 26.2 Å². The Labute approximate surface area is 133 Å². The van der Waals surface area contributed by atoms with Crippen LogP contribution in [0.25, 0.3) is 0 Å². The third kappa shape index (κ3) is 4.45. The number of benzene rings is 1. The van der Waals surface area contributed by atoms with Crippen molar-refractivity contribution in [3.8, 4) is 5.75 Å². The molecule has 2 rings (SSSR count). The van der Waals surface area contributed by atoms with E-state index in [9.17, 15) is 4.79 Å². The molecule has 1 saturated heterocycles. The molecule has 0 bridgehead atoms. The molecule has 0 unspecified atom stereocenters. The summed E-state index contributed by atoms with van der Waals surface area (Å²) in [5.74, 6) is 0.769. The number of hydrogen-bond acceptors (Lipinski definition) is 4. The van der Waals surface area contributed by atoms with Crippen molar-refractivity contribution >= 4 is 5.91 Å². The molecule has 0 spiro atoms. The van der Waals surface area contributed by atoms with Gasteiger partial charge in [-0.15, -0.1) is 0 Å². The lowest BCUT2D eigenvalue weighted by Crippen LogP contribution is -2.49. The molecule has 0 atom stereocenters. The van der Waals surface area contributed by atoms with Crippen molar-refractivity contribution < 1.29 is 9.53 Å². The fourth-order valence-corrected chi connectivity index (χ4v) is 2.64. The molecule has 122 valence electrons. The molecule has 0 radical (unpaired) electrons. The van der Waals surface area contributed by atoms with Gasteiger partial charge >= 0.3 is 0 Å². The predicted molar refractivity (Wildman–Crippen MR) is 88.2 cm³/mol. The Morgan fingerprint density at radius 1 is 1.23 bits per heavy atom. The van der Waals surface area contributed by atoms with Gasteiger partial charge in [-0.1, -0.05) is 19.1 Å². The van der Waals surface area contributed by atoms with E-state index in [0.717, 1.165) is 52.1 Å². The van der Waals surface area contributed by atoms with E-state index in [0.29, 0.717) is 17.9 Å². The summed E-state index contributed by atoms with van der Waals surface area (Å²) >= 11 is 0. The Morgan fingerprint density at radius 2 is 1.95 bits per heavy atom. The first-order valence-corrected chi connectivity index (χ1v) is 8.19. The number of carbonyl (C=O) groups is 1. The maximum atomic E-state index is 12.7. The Bertz CT molecular complexity index is 471. The lowest BCUT2D eigenvalue weighted by atomic mass is 10.1. The van der Waals surface area contributed by atoms with Crippen LogP contribution in [0, 0.1) is 0 Å². The Morgan fingerprint density at radius 3 is 2.64 bits per heavy atom. The predicted octanol–water partition coefficient (Wildman–Crippen LogP) is 1.58. The van der Waals surface area contributed by atoms with Crippen molar-refractivity contribution in [1.29, 1.82) is 0 Å². The molecule has 5 nitrogen and oxygen atoms in total. The van der Waals surface area contributed by atoms with Crippen LogP contribution in [0.5, 0.6) is 5.75 Å². The molecule has 1 aliphatic rings. The number of nitrogens with two attached hydrogens (primary N) is 1. The van der Waals surface area contributed by atoms with E-state index in [2.05, 4.69) is 11.8 Å². The van der Waals surface area contributed by atoms with Gasteiger partial charge in [-0.3, -0.25) is 9.69 Å². The maximum absolute atomic E-state index is 12.7. The molecule has 1 amide bonds. The number of hydrogen-bond donors (Lipinski definition) is 1. The largest absolute Gasteiger partial charge is 0.493 e. The Kier molecular flexibility index (Phi) is 6.68. The molecular formula is C17H27N3O2. The van der Waals surface area contributed by atoms with Crippen molar-refractivity contribution in [2.45, 2.75) is 19.8 Å². The van der Waals surface area contributed by atoms with E-state index in [1.165, 1.54) is 0 Å². The highest BCUT2D eigenvalue weighted by Crippen LogP contribution is 2.21. The second-order valence-electron chi connectivity index (χ2n) is 5.62. The van der Waals surface area contributed by atoms with Gasteiger partial charge < -0.3 is 15.4 Å². The summed E-state index contributed by atoms with van der Waals surface area (Å²) in [6.45, 7) is 7.82. The van der Waals surface area contributed by atoms with Gasteiger partial charge in [0.05, 0.1) is 12.2 Å². The van der Waals surface area contributed by atoms with E-state index in [1.54, 1.807) is 0 Å². The van der Waals surface area contributed by atoms with Gasteiger partial charge in [0.1, 0.15) is 5.75 Å². The van der Waals surface area contributed by atoms with Gasteiger partial charge in [0.2, 0.25) is 0 Å². The quantitative estimate of drug-likeness (QED) is 0.831. The first-order chi connectivity index (χ1) is 10.8. The van der Waals surface area contributed by atoms with Crippen LogP contribution in [0.2, 0.25) is 0 Å². The van der Waals surface area contributed by atoms with E-state index in [4.69, 9.17) is 10.5 Å². The molecule has 1 aromatic carbocycles. The van der Waals surface area contributed by atoms with E-state index in [-0.39, 0.29) is 5.91 Å². The number of ether oxygens (including phenoxy) is 1. The number of para-hydroxylation sites is 1. The zero-order valence-corrected chi connectivity index (χ0v) is 13.5. The highest BCUT2D eigenvalue weighted by molar-refractivity contribution is 5.97. The first kappa shape index (κ1) is 16.8. The van der Waals surface area contributed by atoms with Crippen molar-refractivity contribution in [2.24, 2.45) is 5.73 Å². The zero-order chi connectivity index (χ0) is 15.8. The molecule has 5 heteroatoms. The second kappa shape index (κ2) is 8.76. The number of piperazine rings is 1. The van der Waals surface area contributed by atoms with E-state index < -0.39 is 0 Å². The molecule has 22 heavy (non-hydrogen) atoms. The van der Waals surface area contributed by atoms with Crippen LogP contribution in [0.4, 0.5) is 0 Å². The Balaban J connectivity index is 1.95. The van der Waals surface area contributed by atoms with Crippen LogP contribution >= 0.6 is 0 Å². The average molecular weight is 305 g/mol. The van der Waals surface area contributed by atoms with E-state index in [1.807, 2.05) is 29.2 Å². The van der Waals surface area contributed by atoms with Crippen molar-refractivity contribution in [3.05, 3.63) is 29.8 Å². The van der Waals surface area contributed by atoms with Crippen molar-refractivity contribution in [3.63, 3.8) is 0 Å². The maximum Gasteiger partial charge on any atom is 0.257 e. The number of amides is 1. The number of nitrogens with zero attached hydrogens (tertiary/aromatic N) is 2. The summed E-state index contributed by atoms with van der Waals surface area (Å²) in [6, 6.07) is 7.53. The summed E-state index contributed by atoms with van der Waals surface area (Å²) in [4.78, 5) is 17.0. The fraction of sp³-hybridized carbons (Fsp3) is 0.588. The van der Waals surface area contributed by atoms with Crippen molar-refractivity contribution in [1.82, 2.24) is 9.80 Å². The minimum atomic E-state index is 0.0742. The van der Waals surface area contributed by atoms with Gasteiger partial charge in [0.15, 0.2) is 0 Å². The van der Waals surface area contributed by atoms with Gasteiger partial charge in [0.25, 0.3) is 5.91 Å². The van der Waals surface area contributed by atoms with Crippen LogP contribution in [0.1, 0.15) is 30.1 Å². The normalized spacial score (nSPS) is 15.8. The van der Waals surface area contributed by atoms with Crippen LogP contribution in [-0.2, 0) is 0 Å². The van der Waals surface area contributed by atoms with Crippen LogP contribution in [0.15, 0.2) is 24.3 Å². The summed E-state index contributed by atoms with van der Waals surface area (Å²) in [5, 5.41) is 0. The Hall–Kier alpha value is -1.59. The van der Waals surface area contributed by atoms with Gasteiger partial charge in [-0.25, -0.2) is 0 Å². The fourth-order valence-electron chi connectivity index (χ4n) is 2.64. The summed E-state index contributed by atoms with van der Waals surface area (Å²) in [5.41, 5.74) is 6.22. The molecule has 0 aromatic heterocycles. The summed E-state index contributed by atoms with van der Waals surface area (Å²) < 4.78 is 5.70. The van der Waals surface area contributed by atoms with E-state index >= 15 is 0 Å². The van der Waals surface area contributed by atoms with Gasteiger partial charge in [-0.2, -0.15) is 0 Å². The molecule has 1 fully saturated rings. The standard InChI is InChI=1S/C17H27N3O2/c1-2-14-22-16-7-4-3-6-15(16)17(21)20-12-10-19(11-13-20)9-5-8-18/h3-4,6-7H,2,5,8-14,18H2,1H3. The molecule has 0 aliphatic carbocycles. The second-order valence-corrected chi connectivity index (χ2v) is 5.62. The third-order valence-electron chi connectivity index (χ3n) is 3.92. The van der Waals surface area contributed by atoms with Gasteiger partial charge in [-0.05, 0) is 38.1 Å². The summed E-state index contributed by atoms with van der Waals surface area (Å²) in [6.07, 6.45) is 1.95. The van der Waals surface area contributed by atoms with Crippen LogP contribution in [0.3, 0.4) is 0 Å². The highest BCUT2D eigenvalue weighted by atomic mass is 16.5. The smallest absolute Gasteiger partial charge is 0.257 e. The lowest BCUT2D eigenvalue weighted by molar-refractivity contribution is 0.0632. The first-order valence-electron chi connectivity index (χ1n) is 8.19. The molecule has 1 aliphatic heterocycles. The number of carbonyl (C=O) groups excluding carboxylic acids is 1. The summed E-state index contributed by atoms with van der Waals surface area (Å²) in [7, 11) is 0. The van der Waals surface area contributed by atoms with Crippen LogP contribution in [-0.4, -0.2) is 61.6 Å². The molecule has 1 aromatic rings. The lowest BCUT2D eigenvalue weighted by Gasteiger charge is -2.35. The van der Waals surface area contributed by atoms with Crippen LogP contribution < -0.4 is 10.5 Å². The topological polar surface area (TPSA) is 58.8 Å². The molecular weight excluding hydrogens is 278 g/mol. The molecule has 2 N–H and O–H groups in total. The molecule has 1 heterocycles. The monoisotopic (exact) mass is 305 g/mol.